The Hall–Kier alpha value is -1.90. The molecule has 0 spiro atoms. The van der Waals surface area contributed by atoms with Crippen LogP contribution >= 0.6 is 0 Å². The molecule has 118 valence electrons. The van der Waals surface area contributed by atoms with Crippen molar-refractivity contribution in [3.05, 3.63) is 41.6 Å². The van der Waals surface area contributed by atoms with Gasteiger partial charge in [-0.1, -0.05) is 18.2 Å². The maximum Gasteiger partial charge on any atom is 0.250 e. The Bertz CT molecular complexity index is 775. The van der Waals surface area contributed by atoms with E-state index in [9.17, 15) is 4.79 Å². The molecular formula is C20H22N2O. The van der Waals surface area contributed by atoms with Gasteiger partial charge in [0.05, 0.1) is 16.8 Å². The number of rotatable bonds is 2. The molecule has 0 radical (unpaired) electrons. The van der Waals surface area contributed by atoms with E-state index in [1.54, 1.807) is 0 Å². The number of nitrogens with zero attached hydrogens (tertiary/aromatic N) is 1. The highest BCUT2D eigenvalue weighted by atomic mass is 16.1. The summed E-state index contributed by atoms with van der Waals surface area (Å²) >= 11 is 0. The molecule has 4 aliphatic rings. The van der Waals surface area contributed by atoms with Gasteiger partial charge in [-0.3, -0.25) is 9.78 Å². The van der Waals surface area contributed by atoms with E-state index >= 15 is 0 Å². The van der Waals surface area contributed by atoms with Gasteiger partial charge in [-0.05, 0) is 68.4 Å². The normalized spacial score (nSPS) is 34.9. The number of fused-ring (bicyclic) bond motifs is 1. The first-order valence-corrected chi connectivity index (χ1v) is 8.83. The van der Waals surface area contributed by atoms with Gasteiger partial charge in [0.15, 0.2) is 0 Å². The van der Waals surface area contributed by atoms with Gasteiger partial charge in [-0.25, -0.2) is 0 Å². The van der Waals surface area contributed by atoms with Gasteiger partial charge in [0.2, 0.25) is 0 Å². The van der Waals surface area contributed by atoms with Crippen LogP contribution in [0.5, 0.6) is 0 Å². The largest absolute Gasteiger partial charge is 0.366 e. The van der Waals surface area contributed by atoms with Crippen molar-refractivity contribution in [1.82, 2.24) is 4.98 Å². The summed E-state index contributed by atoms with van der Waals surface area (Å²) in [6, 6.07) is 10.0. The first-order valence-electron chi connectivity index (χ1n) is 8.83. The van der Waals surface area contributed by atoms with Gasteiger partial charge < -0.3 is 5.73 Å². The smallest absolute Gasteiger partial charge is 0.250 e. The minimum Gasteiger partial charge on any atom is -0.366 e. The quantitative estimate of drug-likeness (QED) is 0.917. The molecule has 0 aliphatic heterocycles. The summed E-state index contributed by atoms with van der Waals surface area (Å²) in [5, 5.41) is 1.01. The molecule has 4 aliphatic carbocycles. The molecule has 4 bridgehead atoms. The molecule has 2 aromatic rings. The standard InChI is InChI=1S/C20H22N2O/c21-19(23)16-8-15-3-1-2-4-17(15)22-18(16)20-9-12-5-13(10-20)7-14(6-12)11-20/h1-4,8,12-14H,5-7,9-11H2,(H2,21,23). The third kappa shape index (κ3) is 1.95. The van der Waals surface area contributed by atoms with Gasteiger partial charge in [0.25, 0.3) is 5.91 Å². The third-order valence-electron chi connectivity index (χ3n) is 6.53. The second kappa shape index (κ2) is 4.56. The van der Waals surface area contributed by atoms with Crippen molar-refractivity contribution in [2.75, 3.05) is 0 Å². The highest BCUT2D eigenvalue weighted by Gasteiger charge is 2.53. The van der Waals surface area contributed by atoms with Crippen molar-refractivity contribution in [3.8, 4) is 0 Å². The summed E-state index contributed by atoms with van der Waals surface area (Å²) in [6.07, 6.45) is 7.76. The number of carbonyl (C=O) groups is 1. The summed E-state index contributed by atoms with van der Waals surface area (Å²) in [5.74, 6) is 2.16. The lowest BCUT2D eigenvalue weighted by Gasteiger charge is -2.56. The molecule has 2 N–H and O–H groups in total. The lowest BCUT2D eigenvalue weighted by Crippen LogP contribution is -2.49. The maximum absolute atomic E-state index is 12.1. The fourth-order valence-corrected chi connectivity index (χ4v) is 6.11. The van der Waals surface area contributed by atoms with Crippen molar-refractivity contribution >= 4 is 16.8 Å². The molecule has 1 aromatic carbocycles. The first-order chi connectivity index (χ1) is 11.1. The van der Waals surface area contributed by atoms with E-state index in [0.29, 0.717) is 5.56 Å². The van der Waals surface area contributed by atoms with E-state index in [1.807, 2.05) is 30.3 Å². The minimum atomic E-state index is -0.325. The van der Waals surface area contributed by atoms with Crippen molar-refractivity contribution in [1.29, 1.82) is 0 Å². The summed E-state index contributed by atoms with van der Waals surface area (Å²) in [7, 11) is 0. The Labute approximate surface area is 136 Å². The zero-order valence-corrected chi connectivity index (χ0v) is 13.3. The van der Waals surface area contributed by atoms with Crippen molar-refractivity contribution in [2.24, 2.45) is 23.5 Å². The van der Waals surface area contributed by atoms with Crippen LogP contribution in [0.15, 0.2) is 30.3 Å². The number of aromatic nitrogens is 1. The van der Waals surface area contributed by atoms with Gasteiger partial charge in [-0.15, -0.1) is 0 Å². The van der Waals surface area contributed by atoms with E-state index in [4.69, 9.17) is 10.7 Å². The number of amides is 1. The van der Waals surface area contributed by atoms with Crippen molar-refractivity contribution < 1.29 is 4.79 Å². The second-order valence-corrected chi connectivity index (χ2v) is 8.14. The zero-order valence-electron chi connectivity index (χ0n) is 13.3. The fraction of sp³-hybridized carbons (Fsp3) is 0.500. The average Bonchev–Trinajstić information content (AvgIpc) is 2.52. The van der Waals surface area contributed by atoms with E-state index in [0.717, 1.165) is 34.4 Å². The molecule has 6 rings (SSSR count). The maximum atomic E-state index is 12.1. The first kappa shape index (κ1) is 13.5. The zero-order chi connectivity index (χ0) is 15.6. The molecular weight excluding hydrogens is 284 g/mol. The molecule has 1 amide bonds. The Morgan fingerprint density at radius 3 is 2.26 bits per heavy atom. The summed E-state index contributed by atoms with van der Waals surface area (Å²) in [4.78, 5) is 17.1. The summed E-state index contributed by atoms with van der Waals surface area (Å²) in [5.41, 5.74) is 8.50. The van der Waals surface area contributed by atoms with Crippen LogP contribution in [-0.2, 0) is 5.41 Å². The Kier molecular flexibility index (Phi) is 2.68. The van der Waals surface area contributed by atoms with Crippen LogP contribution in [-0.4, -0.2) is 10.9 Å². The lowest BCUT2D eigenvalue weighted by atomic mass is 9.48. The molecule has 1 aromatic heterocycles. The predicted octanol–water partition coefficient (Wildman–Crippen LogP) is 3.80. The van der Waals surface area contributed by atoms with Crippen LogP contribution in [0.3, 0.4) is 0 Å². The number of carbonyl (C=O) groups excluding carboxylic acids is 1. The van der Waals surface area contributed by atoms with E-state index < -0.39 is 0 Å². The molecule has 23 heavy (non-hydrogen) atoms. The third-order valence-corrected chi connectivity index (χ3v) is 6.53. The SMILES string of the molecule is NC(=O)c1cc2ccccc2nc1C12CC3CC(CC(C3)C1)C2. The number of hydrogen-bond donors (Lipinski definition) is 1. The number of para-hydroxylation sites is 1. The number of hydrogen-bond acceptors (Lipinski definition) is 2. The fourth-order valence-electron chi connectivity index (χ4n) is 6.11. The Balaban J connectivity index is 1.72. The van der Waals surface area contributed by atoms with E-state index in [-0.39, 0.29) is 11.3 Å². The topological polar surface area (TPSA) is 56.0 Å². The van der Waals surface area contributed by atoms with E-state index in [1.165, 1.54) is 38.5 Å². The Morgan fingerprint density at radius 1 is 1.04 bits per heavy atom. The van der Waals surface area contributed by atoms with Crippen LogP contribution < -0.4 is 5.73 Å². The minimum absolute atomic E-state index is 0.100. The van der Waals surface area contributed by atoms with E-state index in [2.05, 4.69) is 0 Å². The summed E-state index contributed by atoms with van der Waals surface area (Å²) in [6.45, 7) is 0. The molecule has 1 heterocycles. The Morgan fingerprint density at radius 2 is 1.65 bits per heavy atom. The molecule has 0 unspecified atom stereocenters. The number of benzene rings is 1. The van der Waals surface area contributed by atoms with Gasteiger partial charge in [0, 0.05) is 10.8 Å². The second-order valence-electron chi connectivity index (χ2n) is 8.14. The van der Waals surface area contributed by atoms with Crippen LogP contribution in [0.1, 0.15) is 54.6 Å². The average molecular weight is 306 g/mol. The number of nitrogens with two attached hydrogens (primary N) is 1. The monoisotopic (exact) mass is 306 g/mol. The molecule has 0 atom stereocenters. The van der Waals surface area contributed by atoms with Gasteiger partial charge in [0.1, 0.15) is 0 Å². The van der Waals surface area contributed by atoms with Crippen LogP contribution in [0.25, 0.3) is 10.9 Å². The van der Waals surface area contributed by atoms with Crippen molar-refractivity contribution in [2.45, 2.75) is 43.9 Å². The highest BCUT2D eigenvalue weighted by Crippen LogP contribution is 2.60. The molecule has 4 saturated carbocycles. The number of pyridine rings is 1. The molecule has 3 heteroatoms. The predicted molar refractivity (Wildman–Crippen MR) is 90.1 cm³/mol. The molecule has 0 saturated heterocycles. The molecule has 4 fully saturated rings. The van der Waals surface area contributed by atoms with Crippen LogP contribution in [0, 0.1) is 17.8 Å². The van der Waals surface area contributed by atoms with Gasteiger partial charge >= 0.3 is 0 Å². The van der Waals surface area contributed by atoms with Crippen LogP contribution in [0.4, 0.5) is 0 Å². The van der Waals surface area contributed by atoms with Crippen LogP contribution in [0.2, 0.25) is 0 Å². The van der Waals surface area contributed by atoms with Gasteiger partial charge in [-0.2, -0.15) is 0 Å². The number of primary amides is 1. The lowest BCUT2D eigenvalue weighted by molar-refractivity contribution is -0.00740. The van der Waals surface area contributed by atoms with Crippen molar-refractivity contribution in [3.63, 3.8) is 0 Å². The molecule has 3 nitrogen and oxygen atoms in total. The summed E-state index contributed by atoms with van der Waals surface area (Å²) < 4.78 is 0. The highest BCUT2D eigenvalue weighted by molar-refractivity contribution is 5.98.